The summed E-state index contributed by atoms with van der Waals surface area (Å²) < 4.78 is 4.93. The van der Waals surface area contributed by atoms with Crippen LogP contribution in [0.4, 0.5) is 5.95 Å². The number of ether oxygens (including phenoxy) is 1. The second-order valence-electron chi connectivity index (χ2n) is 4.64. The lowest BCUT2D eigenvalue weighted by molar-refractivity contribution is 0.0933. The third kappa shape index (κ3) is 4.17. The monoisotopic (exact) mass is 264 g/mol. The van der Waals surface area contributed by atoms with Crippen LogP contribution in [0, 0.1) is 0 Å². The van der Waals surface area contributed by atoms with Crippen LogP contribution in [0.3, 0.4) is 0 Å². The van der Waals surface area contributed by atoms with E-state index in [1.807, 2.05) is 0 Å². The molecule has 1 aliphatic carbocycles. The normalized spacial score (nSPS) is 15.4. The van der Waals surface area contributed by atoms with Gasteiger partial charge in [-0.05, 0) is 18.9 Å². The molecule has 1 aliphatic rings. The molecule has 1 fully saturated rings. The number of amides is 1. The van der Waals surface area contributed by atoms with E-state index in [9.17, 15) is 4.79 Å². The fraction of sp³-hybridized carbons (Fsp3) is 0.615. The lowest BCUT2D eigenvalue weighted by Gasteiger charge is -2.11. The van der Waals surface area contributed by atoms with Crippen molar-refractivity contribution in [3.8, 4) is 0 Å². The summed E-state index contributed by atoms with van der Waals surface area (Å²) in [5.74, 6) is 0.334. The Morgan fingerprint density at radius 2 is 2.26 bits per heavy atom. The molecule has 6 nitrogen and oxygen atoms in total. The van der Waals surface area contributed by atoms with E-state index in [4.69, 9.17) is 4.74 Å². The molecule has 1 aromatic heterocycles. The molecule has 0 saturated heterocycles. The van der Waals surface area contributed by atoms with Gasteiger partial charge in [-0.2, -0.15) is 0 Å². The van der Waals surface area contributed by atoms with E-state index in [0.717, 1.165) is 12.8 Å². The molecular weight excluding hydrogens is 244 g/mol. The maximum Gasteiger partial charge on any atom is 0.270 e. The predicted molar refractivity (Wildman–Crippen MR) is 72.1 cm³/mol. The molecule has 0 aliphatic heterocycles. The molecule has 19 heavy (non-hydrogen) atoms. The van der Waals surface area contributed by atoms with Gasteiger partial charge in [0.15, 0.2) is 0 Å². The summed E-state index contributed by atoms with van der Waals surface area (Å²) in [6, 6.07) is 1.93. The topological polar surface area (TPSA) is 76.1 Å². The highest BCUT2D eigenvalue weighted by atomic mass is 16.5. The number of methoxy groups -OCH3 is 1. The van der Waals surface area contributed by atoms with Crippen LogP contribution >= 0.6 is 0 Å². The third-order valence-corrected chi connectivity index (χ3v) is 3.17. The Hall–Kier alpha value is -1.69. The molecule has 2 rings (SSSR count). The predicted octanol–water partition coefficient (Wildman–Crippen LogP) is 1.21. The van der Waals surface area contributed by atoms with Crippen molar-refractivity contribution >= 4 is 11.9 Å². The number of carbonyl (C=O) groups excluding carboxylic acids is 1. The number of aromatic nitrogens is 2. The zero-order chi connectivity index (χ0) is 13.5. The summed E-state index contributed by atoms with van der Waals surface area (Å²) >= 11 is 0. The minimum Gasteiger partial charge on any atom is -0.383 e. The van der Waals surface area contributed by atoms with Crippen LogP contribution in [0.1, 0.15) is 36.2 Å². The van der Waals surface area contributed by atoms with Crippen molar-refractivity contribution in [2.75, 3.05) is 25.6 Å². The van der Waals surface area contributed by atoms with E-state index in [1.54, 1.807) is 19.4 Å². The molecule has 1 amide bonds. The van der Waals surface area contributed by atoms with Crippen molar-refractivity contribution in [1.29, 1.82) is 0 Å². The quantitative estimate of drug-likeness (QED) is 0.755. The first-order valence-corrected chi connectivity index (χ1v) is 6.66. The molecule has 1 saturated carbocycles. The Bertz CT molecular complexity index is 419. The van der Waals surface area contributed by atoms with Gasteiger partial charge in [-0.3, -0.25) is 4.79 Å². The number of carbonyl (C=O) groups is 1. The Kier molecular flexibility index (Phi) is 5.09. The van der Waals surface area contributed by atoms with E-state index in [0.29, 0.717) is 30.8 Å². The van der Waals surface area contributed by atoms with Crippen molar-refractivity contribution in [2.45, 2.75) is 31.7 Å². The van der Waals surface area contributed by atoms with Gasteiger partial charge in [0.2, 0.25) is 5.95 Å². The first-order valence-electron chi connectivity index (χ1n) is 6.66. The number of rotatable bonds is 6. The van der Waals surface area contributed by atoms with Crippen LogP contribution in [0.2, 0.25) is 0 Å². The van der Waals surface area contributed by atoms with Crippen molar-refractivity contribution in [3.05, 3.63) is 18.0 Å². The summed E-state index contributed by atoms with van der Waals surface area (Å²) in [5, 5.41) is 6.02. The van der Waals surface area contributed by atoms with Gasteiger partial charge in [0.05, 0.1) is 6.61 Å². The highest BCUT2D eigenvalue weighted by Crippen LogP contribution is 2.17. The molecule has 1 aromatic rings. The molecular formula is C13H20N4O2. The molecule has 2 N–H and O–H groups in total. The SMILES string of the molecule is COCCNc1nccc(C(=O)NC2CCCC2)n1. The first-order chi connectivity index (χ1) is 9.29. The van der Waals surface area contributed by atoms with Crippen LogP contribution in [-0.2, 0) is 4.74 Å². The highest BCUT2D eigenvalue weighted by Gasteiger charge is 2.18. The zero-order valence-corrected chi connectivity index (χ0v) is 11.2. The van der Waals surface area contributed by atoms with Gasteiger partial charge in [-0.1, -0.05) is 12.8 Å². The van der Waals surface area contributed by atoms with E-state index >= 15 is 0 Å². The van der Waals surface area contributed by atoms with E-state index < -0.39 is 0 Å². The fourth-order valence-electron chi connectivity index (χ4n) is 2.16. The largest absolute Gasteiger partial charge is 0.383 e. The second-order valence-corrected chi connectivity index (χ2v) is 4.64. The maximum atomic E-state index is 12.0. The van der Waals surface area contributed by atoms with Gasteiger partial charge in [-0.25, -0.2) is 9.97 Å². The van der Waals surface area contributed by atoms with Crippen molar-refractivity contribution in [3.63, 3.8) is 0 Å². The third-order valence-electron chi connectivity index (χ3n) is 3.17. The molecule has 6 heteroatoms. The number of nitrogens with zero attached hydrogens (tertiary/aromatic N) is 2. The summed E-state index contributed by atoms with van der Waals surface area (Å²) in [7, 11) is 1.63. The minimum atomic E-state index is -0.121. The van der Waals surface area contributed by atoms with Crippen LogP contribution < -0.4 is 10.6 Å². The van der Waals surface area contributed by atoms with Crippen molar-refractivity contribution in [2.24, 2.45) is 0 Å². The number of hydrogen-bond donors (Lipinski definition) is 2. The van der Waals surface area contributed by atoms with Gasteiger partial charge in [-0.15, -0.1) is 0 Å². The summed E-state index contributed by atoms with van der Waals surface area (Å²) in [4.78, 5) is 20.3. The molecule has 0 unspecified atom stereocenters. The van der Waals surface area contributed by atoms with E-state index in [-0.39, 0.29) is 5.91 Å². The molecule has 1 heterocycles. The Morgan fingerprint density at radius 1 is 1.47 bits per heavy atom. The van der Waals surface area contributed by atoms with E-state index in [2.05, 4.69) is 20.6 Å². The van der Waals surface area contributed by atoms with Crippen LogP contribution in [0.15, 0.2) is 12.3 Å². The van der Waals surface area contributed by atoms with Gasteiger partial charge in [0.25, 0.3) is 5.91 Å². The first kappa shape index (κ1) is 13.7. The smallest absolute Gasteiger partial charge is 0.270 e. The van der Waals surface area contributed by atoms with E-state index in [1.165, 1.54) is 12.8 Å². The Balaban J connectivity index is 1.91. The number of hydrogen-bond acceptors (Lipinski definition) is 5. The van der Waals surface area contributed by atoms with Gasteiger partial charge in [0, 0.05) is 25.9 Å². The Labute approximate surface area is 113 Å². The Morgan fingerprint density at radius 3 is 3.00 bits per heavy atom. The number of nitrogens with one attached hydrogen (secondary N) is 2. The molecule has 0 aromatic carbocycles. The highest BCUT2D eigenvalue weighted by molar-refractivity contribution is 5.92. The molecule has 104 valence electrons. The summed E-state index contributed by atoms with van der Waals surface area (Å²) in [6.45, 7) is 1.19. The molecule has 0 bridgehead atoms. The minimum absolute atomic E-state index is 0.121. The lowest BCUT2D eigenvalue weighted by Crippen LogP contribution is -2.33. The lowest BCUT2D eigenvalue weighted by atomic mass is 10.2. The fourth-order valence-corrected chi connectivity index (χ4v) is 2.16. The maximum absolute atomic E-state index is 12.0. The van der Waals surface area contributed by atoms with Crippen LogP contribution in [0.25, 0.3) is 0 Å². The molecule has 0 radical (unpaired) electrons. The van der Waals surface area contributed by atoms with Crippen molar-refractivity contribution in [1.82, 2.24) is 15.3 Å². The summed E-state index contributed by atoms with van der Waals surface area (Å²) in [5.41, 5.74) is 0.404. The second kappa shape index (κ2) is 7.04. The van der Waals surface area contributed by atoms with Gasteiger partial charge in [0.1, 0.15) is 5.69 Å². The van der Waals surface area contributed by atoms with Gasteiger partial charge >= 0.3 is 0 Å². The van der Waals surface area contributed by atoms with Crippen LogP contribution in [-0.4, -0.2) is 42.2 Å². The van der Waals surface area contributed by atoms with Crippen LogP contribution in [0.5, 0.6) is 0 Å². The van der Waals surface area contributed by atoms with Gasteiger partial charge < -0.3 is 15.4 Å². The average molecular weight is 264 g/mol. The van der Waals surface area contributed by atoms with Crippen molar-refractivity contribution < 1.29 is 9.53 Å². The summed E-state index contributed by atoms with van der Waals surface area (Å²) in [6.07, 6.45) is 6.11. The molecule has 0 spiro atoms. The molecule has 0 atom stereocenters. The standard InChI is InChI=1S/C13H20N4O2/c1-19-9-8-15-13-14-7-6-11(17-13)12(18)16-10-4-2-3-5-10/h6-7,10H,2-5,8-9H2,1H3,(H,16,18)(H,14,15,17). The zero-order valence-electron chi connectivity index (χ0n) is 11.2. The number of anilines is 1. The average Bonchev–Trinajstić information content (AvgIpc) is 2.92.